The molecule has 192 valence electrons. The zero-order valence-corrected chi connectivity index (χ0v) is 20.6. The van der Waals surface area contributed by atoms with Gasteiger partial charge in [-0.3, -0.25) is 9.69 Å². The second-order valence-electron chi connectivity index (χ2n) is 10.1. The summed E-state index contributed by atoms with van der Waals surface area (Å²) in [5, 5.41) is 0. The standard InChI is InChI=1S/C26H31F3N6O/c1-17(18(2)36)33-11-9-20(10-12-33)13-34-16-32-23-24(34)30-15-31-25(23)35(22-7-8-22)14-19-3-5-21(6-4-19)26(27,28)29/h3-6,15-17,20,22H,7-14H2,1-2H3. The minimum atomic E-state index is -4.34. The number of alkyl halides is 3. The normalized spacial score (nSPS) is 18.5. The fourth-order valence-corrected chi connectivity index (χ4v) is 5.03. The number of rotatable bonds is 8. The van der Waals surface area contributed by atoms with Gasteiger partial charge in [0.15, 0.2) is 17.0 Å². The second kappa shape index (κ2) is 9.80. The van der Waals surface area contributed by atoms with Crippen molar-refractivity contribution in [3.63, 3.8) is 0 Å². The molecule has 1 aliphatic heterocycles. The van der Waals surface area contributed by atoms with Crippen LogP contribution in [0.1, 0.15) is 50.7 Å². The molecule has 1 saturated heterocycles. The van der Waals surface area contributed by atoms with E-state index in [0.29, 0.717) is 18.5 Å². The Labute approximate surface area is 208 Å². The molecular formula is C26H31F3N6O. The van der Waals surface area contributed by atoms with E-state index in [0.717, 1.165) is 80.0 Å². The average Bonchev–Trinajstić information content (AvgIpc) is 3.62. The molecule has 1 atom stereocenters. The Morgan fingerprint density at radius 1 is 1.08 bits per heavy atom. The van der Waals surface area contributed by atoms with E-state index in [-0.39, 0.29) is 11.8 Å². The molecule has 1 aromatic carbocycles. The predicted molar refractivity (Wildman–Crippen MR) is 130 cm³/mol. The van der Waals surface area contributed by atoms with E-state index in [9.17, 15) is 18.0 Å². The number of hydrogen-bond acceptors (Lipinski definition) is 6. The third-order valence-corrected chi connectivity index (χ3v) is 7.52. The lowest BCUT2D eigenvalue weighted by Crippen LogP contribution is -2.43. The van der Waals surface area contributed by atoms with Crippen LogP contribution in [0.25, 0.3) is 11.2 Å². The molecule has 10 heteroatoms. The van der Waals surface area contributed by atoms with Gasteiger partial charge in [0.05, 0.1) is 17.9 Å². The lowest BCUT2D eigenvalue weighted by atomic mass is 9.95. The number of piperidine rings is 1. The summed E-state index contributed by atoms with van der Waals surface area (Å²) in [5.41, 5.74) is 1.65. The molecule has 3 heterocycles. The summed E-state index contributed by atoms with van der Waals surface area (Å²) >= 11 is 0. The Morgan fingerprint density at radius 3 is 2.39 bits per heavy atom. The van der Waals surface area contributed by atoms with Crippen molar-refractivity contribution in [2.75, 3.05) is 18.0 Å². The van der Waals surface area contributed by atoms with Gasteiger partial charge in [-0.25, -0.2) is 15.0 Å². The molecule has 7 nitrogen and oxygen atoms in total. The third-order valence-electron chi connectivity index (χ3n) is 7.52. The number of carbonyl (C=O) groups excluding carboxylic acids is 1. The van der Waals surface area contributed by atoms with E-state index in [4.69, 9.17) is 0 Å². The van der Waals surface area contributed by atoms with Crippen LogP contribution in [0, 0.1) is 5.92 Å². The van der Waals surface area contributed by atoms with E-state index in [1.165, 1.54) is 12.1 Å². The molecule has 0 radical (unpaired) electrons. The van der Waals surface area contributed by atoms with Crippen LogP contribution in [0.4, 0.5) is 19.0 Å². The molecule has 3 aromatic rings. The van der Waals surface area contributed by atoms with E-state index in [1.54, 1.807) is 13.3 Å². The number of carbonyl (C=O) groups is 1. The first-order valence-corrected chi connectivity index (χ1v) is 12.5. The summed E-state index contributed by atoms with van der Waals surface area (Å²) in [4.78, 5) is 29.8. The van der Waals surface area contributed by atoms with Gasteiger partial charge in [0, 0.05) is 19.1 Å². The van der Waals surface area contributed by atoms with Crippen molar-refractivity contribution in [2.24, 2.45) is 5.92 Å². The molecule has 0 spiro atoms. The van der Waals surface area contributed by atoms with Crippen LogP contribution in [0.5, 0.6) is 0 Å². The summed E-state index contributed by atoms with van der Waals surface area (Å²) in [6.45, 7) is 6.70. The predicted octanol–water partition coefficient (Wildman–Crippen LogP) is 4.70. The first kappa shape index (κ1) is 24.7. The smallest absolute Gasteiger partial charge is 0.347 e. The Kier molecular flexibility index (Phi) is 6.72. The van der Waals surface area contributed by atoms with Crippen molar-refractivity contribution < 1.29 is 18.0 Å². The maximum atomic E-state index is 13.0. The summed E-state index contributed by atoms with van der Waals surface area (Å²) in [7, 11) is 0. The minimum absolute atomic E-state index is 0.0339. The second-order valence-corrected chi connectivity index (χ2v) is 10.1. The van der Waals surface area contributed by atoms with Gasteiger partial charge in [-0.1, -0.05) is 12.1 Å². The minimum Gasteiger partial charge on any atom is -0.347 e. The van der Waals surface area contributed by atoms with Gasteiger partial charge in [0.1, 0.15) is 12.1 Å². The van der Waals surface area contributed by atoms with Crippen LogP contribution in [-0.4, -0.2) is 55.4 Å². The van der Waals surface area contributed by atoms with Gasteiger partial charge in [-0.2, -0.15) is 13.2 Å². The van der Waals surface area contributed by atoms with Gasteiger partial charge in [0.25, 0.3) is 0 Å². The lowest BCUT2D eigenvalue weighted by Gasteiger charge is -2.35. The highest BCUT2D eigenvalue weighted by Gasteiger charge is 2.33. The molecule has 5 rings (SSSR count). The van der Waals surface area contributed by atoms with Crippen LogP contribution < -0.4 is 4.90 Å². The van der Waals surface area contributed by atoms with Crippen LogP contribution in [-0.2, 0) is 24.1 Å². The number of fused-ring (bicyclic) bond motifs is 1. The van der Waals surface area contributed by atoms with Gasteiger partial charge in [-0.15, -0.1) is 0 Å². The van der Waals surface area contributed by atoms with Crippen LogP contribution in [0.3, 0.4) is 0 Å². The number of anilines is 1. The van der Waals surface area contributed by atoms with Crippen LogP contribution in [0.2, 0.25) is 0 Å². The summed E-state index contributed by atoms with van der Waals surface area (Å²) in [6, 6.07) is 5.60. The maximum absolute atomic E-state index is 13.0. The largest absolute Gasteiger partial charge is 0.416 e. The van der Waals surface area contributed by atoms with Gasteiger partial charge < -0.3 is 9.47 Å². The fraction of sp³-hybridized carbons (Fsp3) is 0.538. The molecule has 1 aliphatic carbocycles. The number of halogens is 3. The van der Waals surface area contributed by atoms with Crippen molar-refractivity contribution in [2.45, 2.75) is 70.9 Å². The number of imidazole rings is 1. The first-order valence-electron chi connectivity index (χ1n) is 12.5. The molecule has 0 bridgehead atoms. The number of aromatic nitrogens is 4. The maximum Gasteiger partial charge on any atom is 0.416 e. The van der Waals surface area contributed by atoms with Gasteiger partial charge in [-0.05, 0) is 76.2 Å². The highest BCUT2D eigenvalue weighted by molar-refractivity contribution is 5.83. The van der Waals surface area contributed by atoms with Crippen LogP contribution >= 0.6 is 0 Å². The summed E-state index contributed by atoms with van der Waals surface area (Å²) in [5.74, 6) is 1.41. The molecule has 2 aromatic heterocycles. The van der Waals surface area contributed by atoms with Crippen LogP contribution in [0.15, 0.2) is 36.9 Å². The van der Waals surface area contributed by atoms with Gasteiger partial charge >= 0.3 is 6.18 Å². The van der Waals surface area contributed by atoms with Crippen molar-refractivity contribution in [3.05, 3.63) is 48.0 Å². The number of likely N-dealkylation sites (tertiary alicyclic amines) is 1. The summed E-state index contributed by atoms with van der Waals surface area (Å²) in [6.07, 6.45) is 3.08. The summed E-state index contributed by atoms with van der Waals surface area (Å²) < 4.78 is 41.0. The quantitative estimate of drug-likeness (QED) is 0.447. The molecule has 0 N–H and O–H groups in total. The zero-order chi connectivity index (χ0) is 25.4. The van der Waals surface area contributed by atoms with E-state index in [2.05, 4.69) is 29.3 Å². The van der Waals surface area contributed by atoms with Crippen molar-refractivity contribution in [1.29, 1.82) is 0 Å². The molecular weight excluding hydrogens is 469 g/mol. The molecule has 1 saturated carbocycles. The van der Waals surface area contributed by atoms with Crippen molar-refractivity contribution in [3.8, 4) is 0 Å². The molecule has 2 aliphatic rings. The lowest BCUT2D eigenvalue weighted by molar-refractivity contribution is -0.137. The third kappa shape index (κ3) is 5.23. The SMILES string of the molecule is CC(=O)C(C)N1CCC(Cn2cnc3c(N(Cc4ccc(C(F)(F)F)cc4)C4CC4)ncnc32)CC1. The van der Waals surface area contributed by atoms with E-state index in [1.807, 2.05) is 13.3 Å². The first-order chi connectivity index (χ1) is 17.2. The monoisotopic (exact) mass is 500 g/mol. The zero-order valence-electron chi connectivity index (χ0n) is 20.6. The topological polar surface area (TPSA) is 67.2 Å². The number of hydrogen-bond donors (Lipinski definition) is 0. The number of nitrogens with zero attached hydrogens (tertiary/aromatic N) is 6. The number of ketones is 1. The van der Waals surface area contributed by atoms with Gasteiger partial charge in [0.2, 0.25) is 0 Å². The Bertz CT molecular complexity index is 1210. The average molecular weight is 501 g/mol. The number of Topliss-reactive ketones (excluding diaryl/α,β-unsaturated/α-hetero) is 1. The molecule has 2 fully saturated rings. The molecule has 1 unspecified atom stereocenters. The Balaban J connectivity index is 1.32. The van der Waals surface area contributed by atoms with Crippen molar-refractivity contribution in [1.82, 2.24) is 24.4 Å². The Hall–Kier alpha value is -3.01. The number of benzene rings is 1. The molecule has 0 amide bonds. The van der Waals surface area contributed by atoms with E-state index >= 15 is 0 Å². The van der Waals surface area contributed by atoms with Crippen molar-refractivity contribution >= 4 is 22.8 Å². The molecule has 36 heavy (non-hydrogen) atoms. The highest BCUT2D eigenvalue weighted by Crippen LogP contribution is 2.36. The fourth-order valence-electron chi connectivity index (χ4n) is 5.03. The Morgan fingerprint density at radius 2 is 1.78 bits per heavy atom. The van der Waals surface area contributed by atoms with E-state index < -0.39 is 11.7 Å². The highest BCUT2D eigenvalue weighted by atomic mass is 19.4.